The summed E-state index contributed by atoms with van der Waals surface area (Å²) in [6.07, 6.45) is 0. The molecule has 1 aromatic rings. The lowest BCUT2D eigenvalue weighted by Gasteiger charge is -2.05. The van der Waals surface area contributed by atoms with Crippen molar-refractivity contribution in [3.8, 4) is 6.07 Å². The molecule has 0 spiro atoms. The van der Waals surface area contributed by atoms with Crippen LogP contribution in [0.2, 0.25) is 0 Å². The second-order valence-corrected chi connectivity index (χ2v) is 4.76. The van der Waals surface area contributed by atoms with Crippen LogP contribution < -0.4 is 0 Å². The number of nitriles is 1. The average molecular weight is 185 g/mol. The van der Waals surface area contributed by atoms with Crippen molar-refractivity contribution in [3.63, 3.8) is 0 Å². The van der Waals surface area contributed by atoms with Crippen molar-refractivity contribution in [2.24, 2.45) is 11.3 Å². The fourth-order valence-corrected chi connectivity index (χ4v) is 2.39. The first kappa shape index (κ1) is 9.27. The summed E-state index contributed by atoms with van der Waals surface area (Å²) >= 11 is 0. The molecule has 0 aliphatic heterocycles. The molecular weight excluding hydrogens is 170 g/mol. The molecule has 1 aliphatic carbocycles. The Bertz CT molecular complexity index is 398. The smallest absolute Gasteiger partial charge is 0.0668 e. The van der Waals surface area contributed by atoms with Crippen LogP contribution in [0.5, 0.6) is 0 Å². The van der Waals surface area contributed by atoms with Crippen molar-refractivity contribution in [3.05, 3.63) is 35.4 Å². The highest BCUT2D eigenvalue weighted by molar-refractivity contribution is 5.40. The Balaban J connectivity index is 2.37. The fourth-order valence-electron chi connectivity index (χ4n) is 2.39. The van der Waals surface area contributed by atoms with Crippen LogP contribution in [-0.4, -0.2) is 0 Å². The van der Waals surface area contributed by atoms with Gasteiger partial charge in [-0.05, 0) is 23.5 Å². The number of nitrogens with zero attached hydrogens (tertiary/aromatic N) is 1. The molecule has 2 atom stereocenters. The van der Waals surface area contributed by atoms with E-state index in [9.17, 15) is 0 Å². The lowest BCUT2D eigenvalue weighted by molar-refractivity contribution is 0.596. The molecule has 72 valence electrons. The highest BCUT2D eigenvalue weighted by Gasteiger charge is 2.59. The normalized spacial score (nSPS) is 28.1. The van der Waals surface area contributed by atoms with Gasteiger partial charge in [0.1, 0.15) is 0 Å². The Labute approximate surface area is 85.4 Å². The molecule has 14 heavy (non-hydrogen) atoms. The van der Waals surface area contributed by atoms with Crippen LogP contribution in [-0.2, 0) is 0 Å². The van der Waals surface area contributed by atoms with Crippen molar-refractivity contribution in [2.75, 3.05) is 0 Å². The number of aryl methyl sites for hydroxylation is 1. The first-order valence-electron chi connectivity index (χ1n) is 5.04. The predicted octanol–water partition coefficient (Wildman–Crippen LogP) is 3.26. The number of benzene rings is 1. The second kappa shape index (κ2) is 2.85. The van der Waals surface area contributed by atoms with Gasteiger partial charge in [-0.1, -0.05) is 38.1 Å². The molecule has 0 amide bonds. The monoisotopic (exact) mass is 185 g/mol. The minimum atomic E-state index is 0.168. The standard InChI is InChI=1S/C13H15N/c1-9-6-4-5-7-10(9)12-11(8-14)13(12,2)3/h4-7,11-12H,1-3H3/t11-,12-/m1/s1. The maximum Gasteiger partial charge on any atom is 0.0668 e. The Morgan fingerprint density at radius 1 is 1.29 bits per heavy atom. The van der Waals surface area contributed by atoms with Crippen LogP contribution in [0.25, 0.3) is 0 Å². The minimum absolute atomic E-state index is 0.168. The van der Waals surface area contributed by atoms with E-state index in [4.69, 9.17) is 5.26 Å². The van der Waals surface area contributed by atoms with E-state index >= 15 is 0 Å². The number of hydrogen-bond acceptors (Lipinski definition) is 1. The van der Waals surface area contributed by atoms with E-state index in [0.717, 1.165) is 0 Å². The Kier molecular flexibility index (Phi) is 1.89. The van der Waals surface area contributed by atoms with E-state index < -0.39 is 0 Å². The average Bonchev–Trinajstić information content (AvgIpc) is 2.69. The first-order chi connectivity index (χ1) is 6.59. The first-order valence-corrected chi connectivity index (χ1v) is 5.04. The zero-order valence-electron chi connectivity index (χ0n) is 8.91. The van der Waals surface area contributed by atoms with E-state index in [1.807, 2.05) is 0 Å². The van der Waals surface area contributed by atoms with Gasteiger partial charge in [0.25, 0.3) is 0 Å². The highest BCUT2D eigenvalue weighted by atomic mass is 14.6. The summed E-state index contributed by atoms with van der Waals surface area (Å²) in [5.41, 5.74) is 2.83. The summed E-state index contributed by atoms with van der Waals surface area (Å²) < 4.78 is 0. The van der Waals surface area contributed by atoms with Crippen molar-refractivity contribution in [1.29, 1.82) is 5.26 Å². The van der Waals surface area contributed by atoms with Crippen LogP contribution in [0.1, 0.15) is 30.9 Å². The summed E-state index contributed by atoms with van der Waals surface area (Å²) in [7, 11) is 0. The van der Waals surface area contributed by atoms with E-state index in [1.54, 1.807) is 0 Å². The Morgan fingerprint density at radius 2 is 1.93 bits per heavy atom. The molecule has 0 N–H and O–H groups in total. The predicted molar refractivity (Wildman–Crippen MR) is 56.8 cm³/mol. The molecular formula is C13H15N. The molecule has 0 unspecified atom stereocenters. The lowest BCUT2D eigenvalue weighted by atomic mass is 9.99. The molecule has 0 radical (unpaired) electrons. The fraction of sp³-hybridized carbons (Fsp3) is 0.462. The van der Waals surface area contributed by atoms with Gasteiger partial charge in [0.15, 0.2) is 0 Å². The third-order valence-corrected chi connectivity index (χ3v) is 3.49. The van der Waals surface area contributed by atoms with E-state index in [1.165, 1.54) is 11.1 Å². The van der Waals surface area contributed by atoms with Crippen molar-refractivity contribution in [2.45, 2.75) is 26.7 Å². The van der Waals surface area contributed by atoms with Gasteiger partial charge in [-0.3, -0.25) is 0 Å². The molecule has 0 saturated heterocycles. The molecule has 0 aromatic heterocycles. The maximum absolute atomic E-state index is 9.01. The molecule has 1 heteroatoms. The molecule has 1 aliphatic rings. The van der Waals surface area contributed by atoms with Gasteiger partial charge in [0, 0.05) is 5.92 Å². The molecule has 0 heterocycles. The number of rotatable bonds is 1. The maximum atomic E-state index is 9.01. The second-order valence-electron chi connectivity index (χ2n) is 4.76. The van der Waals surface area contributed by atoms with Crippen LogP contribution in [0.3, 0.4) is 0 Å². The summed E-state index contributed by atoms with van der Waals surface area (Å²) in [5, 5.41) is 9.01. The number of hydrogen-bond donors (Lipinski definition) is 0. The van der Waals surface area contributed by atoms with E-state index in [0.29, 0.717) is 5.92 Å². The van der Waals surface area contributed by atoms with Gasteiger partial charge in [0.05, 0.1) is 12.0 Å². The molecule has 2 rings (SSSR count). The van der Waals surface area contributed by atoms with Gasteiger partial charge in [0.2, 0.25) is 0 Å². The van der Waals surface area contributed by atoms with Gasteiger partial charge in [-0.25, -0.2) is 0 Å². The van der Waals surface area contributed by atoms with Crippen LogP contribution in [0.4, 0.5) is 0 Å². The molecule has 1 fully saturated rings. The minimum Gasteiger partial charge on any atom is -0.198 e. The molecule has 1 aromatic carbocycles. The quantitative estimate of drug-likeness (QED) is 0.658. The van der Waals surface area contributed by atoms with Crippen LogP contribution in [0.15, 0.2) is 24.3 Å². The summed E-state index contributed by atoms with van der Waals surface area (Å²) in [6, 6.07) is 10.8. The van der Waals surface area contributed by atoms with Gasteiger partial charge in [-0.2, -0.15) is 5.26 Å². The third-order valence-electron chi connectivity index (χ3n) is 3.49. The topological polar surface area (TPSA) is 23.8 Å². The van der Waals surface area contributed by atoms with Gasteiger partial charge < -0.3 is 0 Å². The van der Waals surface area contributed by atoms with Crippen molar-refractivity contribution < 1.29 is 0 Å². The summed E-state index contributed by atoms with van der Waals surface area (Å²) in [5.74, 6) is 0.636. The molecule has 0 bridgehead atoms. The lowest BCUT2D eigenvalue weighted by Crippen LogP contribution is -1.92. The zero-order chi connectivity index (χ0) is 10.3. The van der Waals surface area contributed by atoms with Crippen LogP contribution in [0, 0.1) is 29.6 Å². The van der Waals surface area contributed by atoms with Crippen LogP contribution >= 0.6 is 0 Å². The van der Waals surface area contributed by atoms with E-state index in [2.05, 4.69) is 51.1 Å². The van der Waals surface area contributed by atoms with Crippen molar-refractivity contribution in [1.82, 2.24) is 0 Å². The third kappa shape index (κ3) is 1.14. The highest BCUT2D eigenvalue weighted by Crippen LogP contribution is 2.64. The summed E-state index contributed by atoms with van der Waals surface area (Å²) in [4.78, 5) is 0. The van der Waals surface area contributed by atoms with Gasteiger partial charge >= 0.3 is 0 Å². The SMILES string of the molecule is Cc1ccccc1[C@@H]1[C@@H](C#N)C1(C)C. The van der Waals surface area contributed by atoms with E-state index in [-0.39, 0.29) is 11.3 Å². The molecule has 1 nitrogen and oxygen atoms in total. The largest absolute Gasteiger partial charge is 0.198 e. The zero-order valence-corrected chi connectivity index (χ0v) is 8.91. The van der Waals surface area contributed by atoms with Gasteiger partial charge in [-0.15, -0.1) is 0 Å². The Hall–Kier alpha value is -1.29. The summed E-state index contributed by atoms with van der Waals surface area (Å²) in [6.45, 7) is 6.48. The Morgan fingerprint density at radius 3 is 2.43 bits per heavy atom. The van der Waals surface area contributed by atoms with Crippen molar-refractivity contribution >= 4 is 0 Å². The molecule has 1 saturated carbocycles.